The first-order chi connectivity index (χ1) is 28.6. The molecule has 2 aromatic carbocycles. The van der Waals surface area contributed by atoms with Gasteiger partial charge in [-0.05, 0) is 140 Å². The van der Waals surface area contributed by atoms with Crippen LogP contribution in [0.5, 0.6) is 0 Å². The van der Waals surface area contributed by atoms with Crippen molar-refractivity contribution >= 4 is 5.71 Å². The van der Waals surface area contributed by atoms with Crippen LogP contribution in [0.15, 0.2) is 190 Å². The van der Waals surface area contributed by atoms with Crippen molar-refractivity contribution in [3.8, 4) is 0 Å². The van der Waals surface area contributed by atoms with Gasteiger partial charge in [-0.15, -0.1) is 0 Å². The fourth-order valence-electron chi connectivity index (χ4n) is 11.3. The molecule has 3 nitrogen and oxygen atoms in total. The lowest BCUT2D eigenvalue weighted by molar-refractivity contribution is 0.0183. The minimum Gasteiger partial charge on any atom is -0.486 e. The molecule has 0 saturated carbocycles. The van der Waals surface area contributed by atoms with Gasteiger partial charge in [-0.2, -0.15) is 0 Å². The van der Waals surface area contributed by atoms with E-state index < -0.39 is 0 Å². The normalized spacial score (nSPS) is 32.7. The Balaban J connectivity index is 0.875. The molecule has 2 heterocycles. The second-order valence-electron chi connectivity index (χ2n) is 17.9. The van der Waals surface area contributed by atoms with Crippen molar-refractivity contribution in [2.45, 2.75) is 102 Å². The lowest BCUT2D eigenvalue weighted by Crippen LogP contribution is -2.51. The van der Waals surface area contributed by atoms with Gasteiger partial charge in [0, 0.05) is 28.5 Å². The molecule has 0 bridgehead atoms. The molecule has 294 valence electrons. The van der Waals surface area contributed by atoms with Crippen molar-refractivity contribution in [2.75, 3.05) is 0 Å². The Morgan fingerprint density at radius 3 is 2.31 bits per heavy atom. The first-order valence-corrected chi connectivity index (χ1v) is 22.3. The van der Waals surface area contributed by atoms with Crippen LogP contribution in [-0.2, 0) is 4.74 Å². The Morgan fingerprint density at radius 1 is 0.724 bits per heavy atom. The molecule has 0 aromatic heterocycles. The van der Waals surface area contributed by atoms with Crippen molar-refractivity contribution in [3.05, 3.63) is 202 Å². The monoisotopic (exact) mass is 762 g/mol. The van der Waals surface area contributed by atoms with E-state index in [-0.39, 0.29) is 23.6 Å². The minimum atomic E-state index is -0.104. The van der Waals surface area contributed by atoms with Gasteiger partial charge in [-0.3, -0.25) is 4.99 Å². The number of aliphatic imine (C=N–C) groups is 1. The summed E-state index contributed by atoms with van der Waals surface area (Å²) < 4.78 is 6.74. The van der Waals surface area contributed by atoms with Gasteiger partial charge in [0.25, 0.3) is 0 Å². The number of hydrogen-bond acceptors (Lipinski definition) is 3. The highest BCUT2D eigenvalue weighted by molar-refractivity contribution is 6.13. The van der Waals surface area contributed by atoms with Crippen LogP contribution >= 0.6 is 0 Å². The maximum absolute atomic E-state index is 6.74. The Bertz CT molecular complexity index is 2300. The maximum atomic E-state index is 6.74. The molecular formula is C55H58N2O. The second kappa shape index (κ2) is 15.9. The Morgan fingerprint density at radius 2 is 1.55 bits per heavy atom. The number of rotatable bonds is 7. The Kier molecular flexibility index (Phi) is 10.2. The number of nitrogens with zero attached hydrogens (tertiary/aromatic N) is 1. The molecule has 6 aliphatic carbocycles. The third kappa shape index (κ3) is 6.75. The van der Waals surface area contributed by atoms with Gasteiger partial charge in [-0.25, -0.2) is 0 Å². The summed E-state index contributed by atoms with van der Waals surface area (Å²) in [6.45, 7) is 4.55. The summed E-state index contributed by atoms with van der Waals surface area (Å²) in [4.78, 5) is 5.38. The first kappa shape index (κ1) is 37.1. The Labute approximate surface area is 346 Å². The van der Waals surface area contributed by atoms with E-state index in [1.54, 1.807) is 0 Å². The molecule has 1 N–H and O–H groups in total. The van der Waals surface area contributed by atoms with Gasteiger partial charge in [0.05, 0.1) is 5.71 Å². The molecule has 8 aliphatic rings. The van der Waals surface area contributed by atoms with Crippen molar-refractivity contribution in [1.29, 1.82) is 0 Å². The number of allylic oxidation sites excluding steroid dienone is 17. The number of benzene rings is 2. The van der Waals surface area contributed by atoms with Crippen LogP contribution in [0.3, 0.4) is 0 Å². The van der Waals surface area contributed by atoms with Gasteiger partial charge < -0.3 is 10.1 Å². The van der Waals surface area contributed by atoms with E-state index in [1.807, 2.05) is 0 Å². The molecule has 0 amide bonds. The lowest BCUT2D eigenvalue weighted by Gasteiger charge is -2.55. The second-order valence-corrected chi connectivity index (χ2v) is 17.9. The van der Waals surface area contributed by atoms with Gasteiger partial charge in [0.2, 0.25) is 0 Å². The average Bonchev–Trinajstić information content (AvgIpc) is 3.29. The maximum Gasteiger partial charge on any atom is 0.145 e. The van der Waals surface area contributed by atoms with E-state index in [2.05, 4.69) is 165 Å². The van der Waals surface area contributed by atoms with Crippen LogP contribution in [0.4, 0.5) is 0 Å². The molecule has 1 saturated heterocycles. The highest BCUT2D eigenvalue weighted by Crippen LogP contribution is 2.61. The summed E-state index contributed by atoms with van der Waals surface area (Å²) in [5.74, 6) is 3.40. The highest BCUT2D eigenvalue weighted by atomic mass is 16.5. The molecule has 8 atom stereocenters. The number of nitrogens with one attached hydrogen (secondary N) is 1. The van der Waals surface area contributed by atoms with Crippen molar-refractivity contribution in [3.63, 3.8) is 0 Å². The van der Waals surface area contributed by atoms with E-state index in [4.69, 9.17) is 9.73 Å². The van der Waals surface area contributed by atoms with Crippen LogP contribution in [-0.4, -0.2) is 11.8 Å². The largest absolute Gasteiger partial charge is 0.486 e. The van der Waals surface area contributed by atoms with E-state index in [1.165, 1.54) is 68.8 Å². The molecule has 0 spiro atoms. The summed E-state index contributed by atoms with van der Waals surface area (Å²) in [6, 6.07) is 20.4. The third-order valence-corrected chi connectivity index (χ3v) is 14.4. The van der Waals surface area contributed by atoms with Crippen LogP contribution in [0.1, 0.15) is 113 Å². The van der Waals surface area contributed by atoms with E-state index >= 15 is 0 Å². The lowest BCUT2D eigenvalue weighted by atomic mass is 9.51. The average molecular weight is 763 g/mol. The van der Waals surface area contributed by atoms with Crippen LogP contribution in [0.2, 0.25) is 0 Å². The zero-order valence-electron chi connectivity index (χ0n) is 34.3. The summed E-state index contributed by atoms with van der Waals surface area (Å²) in [6.07, 6.45) is 47.3. The fourth-order valence-corrected chi connectivity index (χ4v) is 11.3. The van der Waals surface area contributed by atoms with Crippen molar-refractivity contribution in [2.24, 2.45) is 28.2 Å². The van der Waals surface area contributed by atoms with Crippen LogP contribution in [0, 0.1) is 23.2 Å². The standard InChI is InChI=1S/C55H58N2O/c1-37-21-23-43(24-22-37)52-38(2)53(57-54(56-52)45-13-5-3-6-14-45)44-31-29-41(30-32-44)39-25-27-40(28-26-39)42-33-35-47(36-34-42)55(46-15-7-4-8-16-46)48-17-9-11-19-50(48)58-51-20-12-10-18-49(51)55/h3,5-7,9,11,13-21,23-28,31,33,35,37,41-42,47-48,50,54,56H,4,8,10,12,22,29-30,32,34,36H2,1-2H3. The molecule has 0 radical (unpaired) electrons. The van der Waals surface area contributed by atoms with Crippen molar-refractivity contribution in [1.82, 2.24) is 5.32 Å². The number of fused-ring (bicyclic) bond motifs is 2. The molecule has 8 unspecified atom stereocenters. The summed E-state index contributed by atoms with van der Waals surface area (Å²) >= 11 is 0. The van der Waals surface area contributed by atoms with Crippen LogP contribution in [0.25, 0.3) is 0 Å². The van der Waals surface area contributed by atoms with E-state index in [9.17, 15) is 0 Å². The SMILES string of the molecule is CC1=C(C2=CCC(C)C=C2)NC(c2ccccc2)N=C1C1=CCC(c2ccc(C3C=CC(C4(C5=CCCC=C5)C5=CCCC=C5OC5C=CC=CC54)CC3)cc2)CC1. The molecular weight excluding hydrogens is 705 g/mol. The Hall–Kier alpha value is -5.15. The van der Waals surface area contributed by atoms with E-state index in [0.717, 1.165) is 57.1 Å². The van der Waals surface area contributed by atoms with Gasteiger partial charge in [-0.1, -0.05) is 141 Å². The molecule has 3 heteroatoms. The first-order valence-electron chi connectivity index (χ1n) is 22.3. The zero-order chi connectivity index (χ0) is 39.1. The summed E-state index contributed by atoms with van der Waals surface area (Å²) in [5, 5.41) is 3.82. The number of ether oxygens (including phenoxy) is 1. The zero-order valence-corrected chi connectivity index (χ0v) is 34.3. The van der Waals surface area contributed by atoms with E-state index in [0.29, 0.717) is 23.7 Å². The quantitative estimate of drug-likeness (QED) is 0.285. The molecule has 58 heavy (non-hydrogen) atoms. The predicted molar refractivity (Wildman–Crippen MR) is 240 cm³/mol. The van der Waals surface area contributed by atoms with Gasteiger partial charge >= 0.3 is 0 Å². The van der Waals surface area contributed by atoms with Crippen molar-refractivity contribution < 1.29 is 4.74 Å². The minimum absolute atomic E-state index is 0.0737. The predicted octanol–water partition coefficient (Wildman–Crippen LogP) is 13.5. The summed E-state index contributed by atoms with van der Waals surface area (Å²) in [5.41, 5.74) is 13.3. The van der Waals surface area contributed by atoms with Gasteiger partial charge in [0.1, 0.15) is 18.0 Å². The molecule has 2 aromatic rings. The third-order valence-electron chi connectivity index (χ3n) is 14.4. The summed E-state index contributed by atoms with van der Waals surface area (Å²) in [7, 11) is 0. The van der Waals surface area contributed by atoms with Gasteiger partial charge in [0.15, 0.2) is 0 Å². The smallest absolute Gasteiger partial charge is 0.145 e. The highest BCUT2D eigenvalue weighted by Gasteiger charge is 2.56. The number of hydrogen-bond donors (Lipinski definition) is 1. The fraction of sp³-hybridized carbons (Fsp3) is 0.364. The molecule has 2 aliphatic heterocycles. The topological polar surface area (TPSA) is 33.6 Å². The molecule has 10 rings (SSSR count). The molecule has 1 fully saturated rings. The van der Waals surface area contributed by atoms with Crippen LogP contribution < -0.4 is 5.32 Å².